The topological polar surface area (TPSA) is 78.1 Å². The molecule has 9 heteroatoms. The molecule has 0 aliphatic carbocycles. The number of phosphoric acid groups is 1. The Labute approximate surface area is 256 Å². The third-order valence-electron chi connectivity index (χ3n) is 7.32. The molecule has 232 valence electrons. The number of methoxy groups -OCH3 is 1. The number of unbranched alkanes of at least 4 members (excludes halogenated alkanes) is 11. The molecule has 7 nitrogen and oxygen atoms in total. The van der Waals surface area contributed by atoms with Crippen LogP contribution in [0.4, 0.5) is 0 Å². The van der Waals surface area contributed by atoms with E-state index >= 15 is 0 Å². The highest BCUT2D eigenvalue weighted by Crippen LogP contribution is 2.49. The first-order chi connectivity index (χ1) is 20.3. The second kappa shape index (κ2) is 18.2. The fraction of sp³-hybridized carbons (Fsp3) is 0.545. The summed E-state index contributed by atoms with van der Waals surface area (Å²) in [7, 11) is -3.03. The number of aromatic nitrogens is 1. The largest absolute Gasteiger partial charge is 0.585 e. The first-order valence-electron chi connectivity index (χ1n) is 15.4. The van der Waals surface area contributed by atoms with Gasteiger partial charge in [0.25, 0.3) is 0 Å². The standard InChI is InChI=1S/C33H48NO6PS/c1-5-6-7-8-9-10-11-12-13-14-15-16-23-38-31-21-18-22-32(33(31)37-4)40-41(35,36)39-30-20-17-19-29(24-30)28(3)34-25-27(2)42-26-34/h17-22,24-26,28H,5-16,23H2,1-4H3/p+1. The van der Waals surface area contributed by atoms with Crippen LogP contribution in [-0.4, -0.2) is 18.6 Å². The van der Waals surface area contributed by atoms with E-state index < -0.39 is 7.82 Å². The molecule has 1 aromatic heterocycles. The van der Waals surface area contributed by atoms with Gasteiger partial charge in [0, 0.05) is 12.5 Å². The van der Waals surface area contributed by atoms with E-state index in [1.165, 1.54) is 76.2 Å². The molecule has 0 saturated heterocycles. The Morgan fingerprint density at radius 1 is 0.881 bits per heavy atom. The molecule has 3 aromatic rings. The van der Waals surface area contributed by atoms with Crippen molar-refractivity contribution >= 4 is 19.2 Å². The number of aryl methyl sites for hydroxylation is 1. The number of hydrogen-bond acceptors (Lipinski definition) is 6. The van der Waals surface area contributed by atoms with Crippen molar-refractivity contribution in [2.45, 2.75) is 104 Å². The summed E-state index contributed by atoms with van der Waals surface area (Å²) >= 11 is 1.67. The van der Waals surface area contributed by atoms with E-state index in [1.807, 2.05) is 11.6 Å². The smallest absolute Gasteiger partial charge is 0.490 e. The molecule has 1 N–H and O–H groups in total. The molecule has 2 unspecified atom stereocenters. The van der Waals surface area contributed by atoms with Crippen molar-refractivity contribution in [1.29, 1.82) is 0 Å². The van der Waals surface area contributed by atoms with Crippen LogP contribution in [0.2, 0.25) is 0 Å². The van der Waals surface area contributed by atoms with Crippen LogP contribution in [0.3, 0.4) is 0 Å². The van der Waals surface area contributed by atoms with Crippen molar-refractivity contribution in [2.24, 2.45) is 0 Å². The fourth-order valence-electron chi connectivity index (χ4n) is 4.90. The Kier molecular flexibility index (Phi) is 14.7. The quantitative estimate of drug-likeness (QED) is 0.0728. The predicted molar refractivity (Wildman–Crippen MR) is 170 cm³/mol. The van der Waals surface area contributed by atoms with E-state index in [0.717, 1.165) is 18.4 Å². The third-order valence-corrected chi connectivity index (χ3v) is 9.01. The van der Waals surface area contributed by atoms with Crippen molar-refractivity contribution in [1.82, 2.24) is 0 Å². The van der Waals surface area contributed by atoms with Gasteiger partial charge in [-0.15, -0.1) is 0 Å². The van der Waals surface area contributed by atoms with Gasteiger partial charge >= 0.3 is 7.82 Å². The maximum absolute atomic E-state index is 13.0. The Hall–Kier alpha value is -2.54. The summed E-state index contributed by atoms with van der Waals surface area (Å²) in [6.45, 7) is 6.92. The molecule has 2 aromatic carbocycles. The Balaban J connectivity index is 1.45. The van der Waals surface area contributed by atoms with Crippen LogP contribution < -0.4 is 23.1 Å². The zero-order valence-electron chi connectivity index (χ0n) is 25.8. The van der Waals surface area contributed by atoms with Crippen molar-refractivity contribution in [2.75, 3.05) is 13.7 Å². The summed E-state index contributed by atoms with van der Waals surface area (Å²) in [5, 5.41) is 0. The Morgan fingerprint density at radius 2 is 1.50 bits per heavy atom. The van der Waals surface area contributed by atoms with Crippen LogP contribution in [0.25, 0.3) is 0 Å². The summed E-state index contributed by atoms with van der Waals surface area (Å²) in [6.07, 6.45) is 17.4. The van der Waals surface area contributed by atoms with E-state index in [2.05, 4.69) is 31.5 Å². The van der Waals surface area contributed by atoms with Crippen molar-refractivity contribution in [3.05, 3.63) is 64.6 Å². The first kappa shape index (κ1) is 34.0. The maximum atomic E-state index is 13.0. The van der Waals surface area contributed by atoms with Gasteiger partial charge < -0.3 is 18.5 Å². The number of hydrogen-bond donors (Lipinski definition) is 1. The second-order valence-corrected chi connectivity index (χ2v) is 13.2. The highest BCUT2D eigenvalue weighted by molar-refractivity contribution is 7.48. The number of ether oxygens (including phenoxy) is 2. The van der Waals surface area contributed by atoms with E-state index in [0.29, 0.717) is 12.4 Å². The van der Waals surface area contributed by atoms with Crippen LogP contribution in [0.15, 0.2) is 54.2 Å². The summed E-state index contributed by atoms with van der Waals surface area (Å²) in [6, 6.07) is 12.2. The molecule has 0 saturated carbocycles. The van der Waals surface area contributed by atoms with E-state index in [-0.39, 0.29) is 23.3 Å². The maximum Gasteiger partial charge on any atom is 0.585 e. The zero-order chi connectivity index (χ0) is 30.2. The van der Waals surface area contributed by atoms with Gasteiger partial charge in [-0.25, -0.2) is 4.57 Å². The molecule has 0 aliphatic heterocycles. The summed E-state index contributed by atoms with van der Waals surface area (Å²) in [5.74, 6) is 1.07. The third kappa shape index (κ3) is 11.6. The number of nitrogens with zero attached hydrogens (tertiary/aromatic N) is 1. The van der Waals surface area contributed by atoms with Crippen LogP contribution in [-0.2, 0) is 4.57 Å². The van der Waals surface area contributed by atoms with Crippen molar-refractivity contribution in [3.63, 3.8) is 0 Å². The Morgan fingerprint density at radius 3 is 2.12 bits per heavy atom. The molecule has 0 amide bonds. The number of para-hydroxylation sites is 1. The van der Waals surface area contributed by atoms with E-state index in [4.69, 9.17) is 18.5 Å². The van der Waals surface area contributed by atoms with Crippen LogP contribution in [0.1, 0.15) is 107 Å². The average molecular weight is 619 g/mol. The monoisotopic (exact) mass is 618 g/mol. The van der Waals surface area contributed by atoms with Gasteiger partial charge in [0.05, 0.1) is 18.6 Å². The molecule has 0 aliphatic rings. The second-order valence-electron chi connectivity index (χ2n) is 10.8. The minimum atomic E-state index is -4.51. The molecule has 0 spiro atoms. The number of thiazole rings is 1. The van der Waals surface area contributed by atoms with Crippen LogP contribution in [0, 0.1) is 6.92 Å². The minimum Gasteiger partial charge on any atom is -0.490 e. The van der Waals surface area contributed by atoms with Gasteiger partial charge in [0.15, 0.2) is 23.7 Å². The van der Waals surface area contributed by atoms with Gasteiger partial charge in [-0.2, -0.15) is 4.57 Å². The number of rotatable bonds is 21. The molecule has 0 bridgehead atoms. The highest BCUT2D eigenvalue weighted by atomic mass is 32.1. The lowest BCUT2D eigenvalue weighted by molar-refractivity contribution is -0.706. The summed E-state index contributed by atoms with van der Waals surface area (Å²) in [4.78, 5) is 11.8. The van der Waals surface area contributed by atoms with Gasteiger partial charge in [-0.1, -0.05) is 107 Å². The normalized spacial score (nSPS) is 13.4. The van der Waals surface area contributed by atoms with Crippen molar-refractivity contribution < 1.29 is 32.5 Å². The van der Waals surface area contributed by atoms with E-state index in [9.17, 15) is 9.46 Å². The molecular formula is C33H49NO6PS+. The fourth-order valence-corrected chi connectivity index (χ4v) is 6.43. The molecule has 1 heterocycles. The van der Waals surface area contributed by atoms with Gasteiger partial charge in [0.2, 0.25) is 11.3 Å². The summed E-state index contributed by atoms with van der Waals surface area (Å²) in [5.41, 5.74) is 2.99. The molecular weight excluding hydrogens is 569 g/mol. The molecule has 42 heavy (non-hydrogen) atoms. The first-order valence-corrected chi connectivity index (χ1v) is 17.8. The molecule has 0 radical (unpaired) electrons. The SMILES string of the molecule is CCCCCCCCCCCCCCOc1cccc(OP(=O)(O)Oc2cccc(C(C)[n+]3csc(C)c3)c2)c1OC. The zero-order valence-corrected chi connectivity index (χ0v) is 27.5. The average Bonchev–Trinajstić information content (AvgIpc) is 3.41. The van der Waals surface area contributed by atoms with E-state index in [1.54, 1.807) is 47.7 Å². The van der Waals surface area contributed by atoms with Crippen molar-refractivity contribution in [3.8, 4) is 23.0 Å². The highest BCUT2D eigenvalue weighted by Gasteiger charge is 2.29. The van der Waals surface area contributed by atoms with Crippen LogP contribution in [0.5, 0.6) is 23.0 Å². The number of benzene rings is 2. The molecule has 3 rings (SSSR count). The summed E-state index contributed by atoms with van der Waals surface area (Å²) < 4.78 is 37.4. The van der Waals surface area contributed by atoms with Gasteiger partial charge in [0.1, 0.15) is 5.75 Å². The number of phosphoric ester groups is 1. The lowest BCUT2D eigenvalue weighted by Crippen LogP contribution is -2.35. The van der Waals surface area contributed by atoms with Crippen LogP contribution >= 0.6 is 19.2 Å². The van der Waals surface area contributed by atoms with Gasteiger partial charge in [-0.05, 0) is 37.6 Å². The lowest BCUT2D eigenvalue weighted by atomic mass is 10.1. The minimum absolute atomic E-state index is 0.0385. The van der Waals surface area contributed by atoms with Gasteiger partial charge in [-0.3, -0.25) is 4.89 Å². The lowest BCUT2D eigenvalue weighted by Gasteiger charge is -2.18. The predicted octanol–water partition coefficient (Wildman–Crippen LogP) is 9.60. The molecule has 0 fully saturated rings. The molecule has 2 atom stereocenters. The Bertz CT molecular complexity index is 1250.